The van der Waals surface area contributed by atoms with Crippen LogP contribution >= 0.6 is 0 Å². The maximum absolute atomic E-state index is 8.66. The first-order valence-corrected chi connectivity index (χ1v) is 5.12. The van der Waals surface area contributed by atoms with E-state index in [1.165, 1.54) is 0 Å². The molecule has 0 unspecified atom stereocenters. The van der Waals surface area contributed by atoms with E-state index < -0.39 is 0 Å². The summed E-state index contributed by atoms with van der Waals surface area (Å²) in [5, 5.41) is 19.2. The first-order valence-electron chi connectivity index (χ1n) is 5.12. The molecular formula is C9H14N6O. The van der Waals surface area contributed by atoms with Gasteiger partial charge in [-0.25, -0.2) is 0 Å². The number of nitrogens with two attached hydrogens (primary N) is 1. The molecule has 0 bridgehead atoms. The number of fused-ring (bicyclic) bond motifs is 1. The Morgan fingerprint density at radius 1 is 1.38 bits per heavy atom. The van der Waals surface area contributed by atoms with Crippen molar-refractivity contribution in [2.24, 2.45) is 0 Å². The lowest BCUT2D eigenvalue weighted by Crippen LogP contribution is -2.06. The summed E-state index contributed by atoms with van der Waals surface area (Å²) in [6, 6.07) is 0. The number of hydrogen-bond acceptors (Lipinski definition) is 6. The van der Waals surface area contributed by atoms with Gasteiger partial charge in [0, 0.05) is 13.2 Å². The zero-order valence-electron chi connectivity index (χ0n) is 8.77. The van der Waals surface area contributed by atoms with Crippen LogP contribution in [0, 0.1) is 0 Å². The molecule has 0 saturated carbocycles. The third-order valence-electron chi connectivity index (χ3n) is 2.20. The lowest BCUT2D eigenvalue weighted by molar-refractivity contribution is 0.286. The number of aromatic amines is 1. The van der Waals surface area contributed by atoms with E-state index in [2.05, 4.69) is 25.5 Å². The van der Waals surface area contributed by atoms with E-state index in [0.717, 1.165) is 24.8 Å². The van der Waals surface area contributed by atoms with Crippen LogP contribution in [0.15, 0.2) is 6.20 Å². The SMILES string of the molecule is Nc1nc(NCCCCO)c2cn[nH]c2n1. The molecule has 7 nitrogen and oxygen atoms in total. The van der Waals surface area contributed by atoms with Gasteiger partial charge < -0.3 is 16.2 Å². The summed E-state index contributed by atoms with van der Waals surface area (Å²) in [7, 11) is 0. The Kier molecular flexibility index (Phi) is 3.16. The smallest absolute Gasteiger partial charge is 0.224 e. The van der Waals surface area contributed by atoms with Crippen molar-refractivity contribution in [2.75, 3.05) is 24.2 Å². The highest BCUT2D eigenvalue weighted by Crippen LogP contribution is 2.18. The molecule has 5 N–H and O–H groups in total. The molecule has 0 atom stereocenters. The molecule has 7 heteroatoms. The summed E-state index contributed by atoms with van der Waals surface area (Å²) >= 11 is 0. The van der Waals surface area contributed by atoms with Crippen molar-refractivity contribution < 1.29 is 5.11 Å². The van der Waals surface area contributed by atoms with Crippen molar-refractivity contribution in [2.45, 2.75) is 12.8 Å². The van der Waals surface area contributed by atoms with Gasteiger partial charge in [0.25, 0.3) is 0 Å². The van der Waals surface area contributed by atoms with Gasteiger partial charge in [0.05, 0.1) is 11.6 Å². The van der Waals surface area contributed by atoms with Gasteiger partial charge in [-0.05, 0) is 12.8 Å². The number of rotatable bonds is 5. The molecule has 0 aromatic carbocycles. The number of H-pyrrole nitrogens is 1. The Morgan fingerprint density at radius 3 is 3.06 bits per heavy atom. The Hall–Kier alpha value is -1.89. The van der Waals surface area contributed by atoms with Gasteiger partial charge >= 0.3 is 0 Å². The number of aliphatic hydroxyl groups excluding tert-OH is 1. The lowest BCUT2D eigenvalue weighted by atomic mass is 10.3. The molecule has 2 aromatic heterocycles. The Balaban J connectivity index is 2.12. The molecule has 0 spiro atoms. The van der Waals surface area contributed by atoms with Crippen LogP contribution in [0.3, 0.4) is 0 Å². The largest absolute Gasteiger partial charge is 0.396 e. The van der Waals surface area contributed by atoms with Crippen LogP contribution in [0.5, 0.6) is 0 Å². The van der Waals surface area contributed by atoms with Gasteiger partial charge in [-0.15, -0.1) is 0 Å². The van der Waals surface area contributed by atoms with Crippen molar-refractivity contribution in [1.82, 2.24) is 20.2 Å². The molecule has 0 aliphatic carbocycles. The van der Waals surface area contributed by atoms with E-state index in [9.17, 15) is 0 Å². The topological polar surface area (TPSA) is 113 Å². The molecule has 0 saturated heterocycles. The fourth-order valence-corrected chi connectivity index (χ4v) is 1.43. The van der Waals surface area contributed by atoms with Crippen molar-refractivity contribution >= 4 is 22.8 Å². The maximum atomic E-state index is 8.66. The molecule has 2 aromatic rings. The van der Waals surface area contributed by atoms with Crippen molar-refractivity contribution in [3.8, 4) is 0 Å². The van der Waals surface area contributed by atoms with E-state index in [1.54, 1.807) is 6.20 Å². The number of aliphatic hydroxyl groups is 1. The van der Waals surface area contributed by atoms with Gasteiger partial charge in [0.15, 0.2) is 5.65 Å². The molecule has 0 aliphatic heterocycles. The molecule has 0 aliphatic rings. The second-order valence-corrected chi connectivity index (χ2v) is 3.42. The molecule has 86 valence electrons. The Morgan fingerprint density at radius 2 is 2.25 bits per heavy atom. The van der Waals surface area contributed by atoms with Crippen LogP contribution in [0.25, 0.3) is 11.0 Å². The summed E-state index contributed by atoms with van der Waals surface area (Å²) in [5.41, 5.74) is 6.19. The normalized spacial score (nSPS) is 10.8. The minimum atomic E-state index is 0.203. The van der Waals surface area contributed by atoms with Crippen LogP contribution in [0.2, 0.25) is 0 Å². The van der Waals surface area contributed by atoms with Crippen molar-refractivity contribution in [3.05, 3.63) is 6.20 Å². The van der Waals surface area contributed by atoms with Gasteiger partial charge in [0.2, 0.25) is 5.95 Å². The highest BCUT2D eigenvalue weighted by molar-refractivity contribution is 5.86. The highest BCUT2D eigenvalue weighted by Gasteiger charge is 2.06. The first kappa shape index (κ1) is 10.6. The Bertz CT molecular complexity index is 468. The minimum absolute atomic E-state index is 0.203. The average molecular weight is 222 g/mol. The third kappa shape index (κ3) is 2.19. The maximum Gasteiger partial charge on any atom is 0.224 e. The second-order valence-electron chi connectivity index (χ2n) is 3.42. The molecule has 2 rings (SSSR count). The summed E-state index contributed by atoms with van der Waals surface area (Å²) in [6.45, 7) is 0.937. The molecule has 2 heterocycles. The van der Waals surface area contributed by atoms with Crippen LogP contribution < -0.4 is 11.1 Å². The first-order chi connectivity index (χ1) is 7.81. The number of nitrogens with zero attached hydrogens (tertiary/aromatic N) is 3. The molecule has 0 amide bonds. The Labute approximate surface area is 92.1 Å². The molecular weight excluding hydrogens is 208 g/mol. The standard InChI is InChI=1S/C9H14N6O/c10-9-13-7(11-3-1-2-4-16)6-5-12-15-8(6)14-9/h5,16H,1-4H2,(H4,10,11,12,13,14,15). The van der Waals surface area contributed by atoms with Crippen LogP contribution in [0.1, 0.15) is 12.8 Å². The molecule has 0 fully saturated rings. The van der Waals surface area contributed by atoms with E-state index in [0.29, 0.717) is 11.5 Å². The van der Waals surface area contributed by atoms with E-state index in [1.807, 2.05) is 0 Å². The highest BCUT2D eigenvalue weighted by atomic mass is 16.2. The number of hydrogen-bond donors (Lipinski definition) is 4. The van der Waals surface area contributed by atoms with E-state index >= 15 is 0 Å². The predicted octanol–water partition coefficient (Wildman–Crippen LogP) is 0.119. The fraction of sp³-hybridized carbons (Fsp3) is 0.444. The zero-order chi connectivity index (χ0) is 11.4. The quantitative estimate of drug-likeness (QED) is 0.534. The zero-order valence-corrected chi connectivity index (χ0v) is 8.77. The number of anilines is 2. The summed E-state index contributed by atoms with van der Waals surface area (Å²) in [4.78, 5) is 8.11. The van der Waals surface area contributed by atoms with E-state index in [-0.39, 0.29) is 12.6 Å². The van der Waals surface area contributed by atoms with Crippen LogP contribution in [0.4, 0.5) is 11.8 Å². The molecule has 0 radical (unpaired) electrons. The number of nitrogen functional groups attached to an aromatic ring is 1. The third-order valence-corrected chi connectivity index (χ3v) is 2.20. The summed E-state index contributed by atoms with van der Waals surface area (Å²) < 4.78 is 0. The fourth-order valence-electron chi connectivity index (χ4n) is 1.43. The van der Waals surface area contributed by atoms with Gasteiger partial charge in [0.1, 0.15) is 5.82 Å². The van der Waals surface area contributed by atoms with Gasteiger partial charge in [-0.3, -0.25) is 5.10 Å². The predicted molar refractivity (Wildman–Crippen MR) is 60.9 cm³/mol. The van der Waals surface area contributed by atoms with Crippen LogP contribution in [-0.4, -0.2) is 38.4 Å². The second kappa shape index (κ2) is 4.75. The average Bonchev–Trinajstić information content (AvgIpc) is 2.72. The number of unbranched alkanes of at least 4 members (excludes halogenated alkanes) is 1. The lowest BCUT2D eigenvalue weighted by Gasteiger charge is -2.06. The van der Waals surface area contributed by atoms with Gasteiger partial charge in [-0.1, -0.05) is 0 Å². The summed E-state index contributed by atoms with van der Waals surface area (Å²) in [6.07, 6.45) is 3.30. The number of aromatic nitrogens is 4. The van der Waals surface area contributed by atoms with E-state index in [4.69, 9.17) is 10.8 Å². The van der Waals surface area contributed by atoms with Crippen molar-refractivity contribution in [3.63, 3.8) is 0 Å². The minimum Gasteiger partial charge on any atom is -0.396 e. The molecule has 16 heavy (non-hydrogen) atoms. The monoisotopic (exact) mass is 222 g/mol. The van der Waals surface area contributed by atoms with Crippen molar-refractivity contribution in [1.29, 1.82) is 0 Å². The van der Waals surface area contributed by atoms with Gasteiger partial charge in [-0.2, -0.15) is 15.1 Å². The summed E-state index contributed by atoms with van der Waals surface area (Å²) in [5.74, 6) is 0.885. The number of nitrogens with one attached hydrogen (secondary N) is 2. The van der Waals surface area contributed by atoms with Crippen LogP contribution in [-0.2, 0) is 0 Å².